The Labute approximate surface area is 140 Å². The van der Waals surface area contributed by atoms with Crippen LogP contribution in [0.3, 0.4) is 0 Å². The van der Waals surface area contributed by atoms with Gasteiger partial charge in [0.25, 0.3) is 6.08 Å². The van der Waals surface area contributed by atoms with Crippen molar-refractivity contribution in [3.05, 3.63) is 45.1 Å². The molecule has 0 amide bonds. The third kappa shape index (κ3) is 5.36. The smallest absolute Gasteiger partial charge is 0.338 e. The van der Waals surface area contributed by atoms with Gasteiger partial charge in [-0.05, 0) is 47.1 Å². The minimum atomic E-state index is -1.88. The summed E-state index contributed by atoms with van der Waals surface area (Å²) in [6, 6.07) is 6.72. The molecule has 1 rings (SSSR count). The van der Waals surface area contributed by atoms with Crippen LogP contribution in [-0.4, -0.2) is 25.2 Å². The van der Waals surface area contributed by atoms with Gasteiger partial charge >= 0.3 is 11.9 Å². The van der Waals surface area contributed by atoms with E-state index in [0.717, 1.165) is 6.92 Å². The summed E-state index contributed by atoms with van der Waals surface area (Å²) in [7, 11) is 1.27. The van der Waals surface area contributed by atoms with Crippen LogP contribution < -0.4 is 0 Å². The maximum Gasteiger partial charge on any atom is 0.338 e. The molecule has 0 bridgehead atoms. The highest BCUT2D eigenvalue weighted by Crippen LogP contribution is 2.26. The fourth-order valence-corrected chi connectivity index (χ4v) is 2.33. The number of carbonyl (C=O) groups is 2. The average molecular weight is 424 g/mol. The number of aryl methyl sites for hydroxylation is 1. The molecule has 0 aromatic heterocycles. The standard InChI is InChI=1S/C15H15F2IO4/c1-9(19)22-12(13(18)14(16)17)8-7-10-5-3-4-6-11(10)15(20)21-2/h3-6,12H,7-8H2,1-2H3. The highest BCUT2D eigenvalue weighted by atomic mass is 127. The molecule has 1 atom stereocenters. The van der Waals surface area contributed by atoms with Crippen LogP contribution in [0.5, 0.6) is 0 Å². The quantitative estimate of drug-likeness (QED) is 0.514. The predicted octanol–water partition coefficient (Wildman–Crippen LogP) is 3.88. The molecule has 1 aromatic rings. The molecule has 7 heteroatoms. The lowest BCUT2D eigenvalue weighted by Crippen LogP contribution is -2.18. The van der Waals surface area contributed by atoms with Crippen LogP contribution in [0.1, 0.15) is 29.3 Å². The van der Waals surface area contributed by atoms with Crippen molar-refractivity contribution in [1.29, 1.82) is 0 Å². The first-order chi connectivity index (χ1) is 10.4. The van der Waals surface area contributed by atoms with Crippen LogP contribution in [0.2, 0.25) is 0 Å². The lowest BCUT2D eigenvalue weighted by molar-refractivity contribution is -0.144. The Bertz CT molecular complexity index is 583. The van der Waals surface area contributed by atoms with Crippen molar-refractivity contribution in [3.8, 4) is 0 Å². The second-order valence-electron chi connectivity index (χ2n) is 4.39. The van der Waals surface area contributed by atoms with Crippen LogP contribution in [0.4, 0.5) is 8.78 Å². The van der Waals surface area contributed by atoms with Gasteiger partial charge in [-0.25, -0.2) is 4.79 Å². The van der Waals surface area contributed by atoms with E-state index in [0.29, 0.717) is 17.5 Å². The van der Waals surface area contributed by atoms with E-state index in [9.17, 15) is 18.4 Å². The molecule has 0 heterocycles. The van der Waals surface area contributed by atoms with E-state index < -0.39 is 24.1 Å². The van der Waals surface area contributed by atoms with Crippen molar-refractivity contribution in [2.45, 2.75) is 25.9 Å². The van der Waals surface area contributed by atoms with Crippen LogP contribution in [0.15, 0.2) is 33.9 Å². The molecule has 1 unspecified atom stereocenters. The maximum atomic E-state index is 12.7. The van der Waals surface area contributed by atoms with E-state index in [2.05, 4.69) is 4.74 Å². The molecule has 0 N–H and O–H groups in total. The summed E-state index contributed by atoms with van der Waals surface area (Å²) < 4.78 is 34.7. The maximum absolute atomic E-state index is 12.7. The van der Waals surface area contributed by atoms with E-state index in [1.54, 1.807) is 24.3 Å². The Hall–Kier alpha value is -1.51. The van der Waals surface area contributed by atoms with Crippen LogP contribution in [-0.2, 0) is 20.7 Å². The SMILES string of the molecule is COC(=O)c1ccccc1CCC(OC(C)=O)C(I)=C(F)F. The fourth-order valence-electron chi connectivity index (χ4n) is 1.89. The van der Waals surface area contributed by atoms with Gasteiger partial charge in [-0.15, -0.1) is 0 Å². The van der Waals surface area contributed by atoms with Gasteiger partial charge in [0.05, 0.1) is 16.3 Å². The van der Waals surface area contributed by atoms with Gasteiger partial charge in [0.1, 0.15) is 6.10 Å². The number of hydrogen-bond donors (Lipinski definition) is 0. The molecule has 1 aromatic carbocycles. The summed E-state index contributed by atoms with van der Waals surface area (Å²) >= 11 is 1.46. The summed E-state index contributed by atoms with van der Waals surface area (Å²) in [5, 5.41) is 0. The number of benzene rings is 1. The normalized spacial score (nSPS) is 11.5. The molecule has 0 aliphatic carbocycles. The zero-order chi connectivity index (χ0) is 16.7. The van der Waals surface area contributed by atoms with Gasteiger partial charge in [0.2, 0.25) is 0 Å². The minimum Gasteiger partial charge on any atom is -0.465 e. The van der Waals surface area contributed by atoms with Crippen LogP contribution >= 0.6 is 22.6 Å². The summed E-state index contributed by atoms with van der Waals surface area (Å²) in [6.45, 7) is 1.16. The van der Waals surface area contributed by atoms with Crippen molar-refractivity contribution in [2.24, 2.45) is 0 Å². The molecule has 4 nitrogen and oxygen atoms in total. The molecule has 0 radical (unpaired) electrons. The largest absolute Gasteiger partial charge is 0.465 e. The number of halogens is 3. The molecule has 22 heavy (non-hydrogen) atoms. The van der Waals surface area contributed by atoms with Crippen LogP contribution in [0.25, 0.3) is 0 Å². The molecular formula is C15H15F2IO4. The number of methoxy groups -OCH3 is 1. The van der Waals surface area contributed by atoms with Crippen molar-refractivity contribution in [1.82, 2.24) is 0 Å². The van der Waals surface area contributed by atoms with E-state index >= 15 is 0 Å². The number of rotatable bonds is 6. The lowest BCUT2D eigenvalue weighted by atomic mass is 10.0. The second-order valence-corrected chi connectivity index (χ2v) is 5.56. The van der Waals surface area contributed by atoms with Crippen molar-refractivity contribution in [2.75, 3.05) is 7.11 Å². The molecule has 0 aliphatic rings. The van der Waals surface area contributed by atoms with E-state index in [4.69, 9.17) is 4.74 Å². The number of esters is 2. The first-order valence-corrected chi connectivity index (χ1v) is 7.48. The van der Waals surface area contributed by atoms with Gasteiger partial charge in [-0.2, -0.15) is 8.78 Å². The van der Waals surface area contributed by atoms with E-state index in [-0.39, 0.29) is 10.0 Å². The van der Waals surface area contributed by atoms with E-state index in [1.165, 1.54) is 29.7 Å². The monoisotopic (exact) mass is 424 g/mol. The molecule has 0 aliphatic heterocycles. The van der Waals surface area contributed by atoms with Gasteiger partial charge in [-0.1, -0.05) is 18.2 Å². The highest BCUT2D eigenvalue weighted by molar-refractivity contribution is 14.1. The number of ether oxygens (including phenoxy) is 2. The number of hydrogen-bond acceptors (Lipinski definition) is 4. The van der Waals surface area contributed by atoms with Crippen molar-refractivity contribution in [3.63, 3.8) is 0 Å². The third-order valence-corrected chi connectivity index (χ3v) is 3.97. The molecular weight excluding hydrogens is 409 g/mol. The molecule has 0 fully saturated rings. The Balaban J connectivity index is 2.92. The minimum absolute atomic E-state index is 0.142. The van der Waals surface area contributed by atoms with Crippen LogP contribution in [0, 0.1) is 0 Å². The lowest BCUT2D eigenvalue weighted by Gasteiger charge is -2.16. The fraction of sp³-hybridized carbons (Fsp3) is 0.333. The Morgan fingerprint density at radius 3 is 2.45 bits per heavy atom. The predicted molar refractivity (Wildman–Crippen MR) is 84.9 cm³/mol. The van der Waals surface area contributed by atoms with Gasteiger partial charge in [0.15, 0.2) is 0 Å². The summed E-state index contributed by atoms with van der Waals surface area (Å²) in [5.74, 6) is -1.14. The summed E-state index contributed by atoms with van der Waals surface area (Å²) in [5.41, 5.74) is 1.02. The van der Waals surface area contributed by atoms with Crippen molar-refractivity contribution < 1.29 is 27.8 Å². The Morgan fingerprint density at radius 1 is 1.27 bits per heavy atom. The Morgan fingerprint density at radius 2 is 1.91 bits per heavy atom. The molecule has 0 saturated heterocycles. The zero-order valence-electron chi connectivity index (χ0n) is 12.1. The Kier molecular flexibility index (Phi) is 7.43. The summed E-state index contributed by atoms with van der Waals surface area (Å²) in [6.07, 6.45) is -2.48. The average Bonchev–Trinajstić information content (AvgIpc) is 2.49. The summed E-state index contributed by atoms with van der Waals surface area (Å²) in [4.78, 5) is 22.7. The first-order valence-electron chi connectivity index (χ1n) is 6.41. The molecule has 0 spiro atoms. The topological polar surface area (TPSA) is 52.6 Å². The zero-order valence-corrected chi connectivity index (χ0v) is 14.2. The van der Waals surface area contributed by atoms with Crippen molar-refractivity contribution >= 4 is 34.5 Å². The molecule has 0 saturated carbocycles. The van der Waals surface area contributed by atoms with Gasteiger partial charge in [-0.3, -0.25) is 4.79 Å². The van der Waals surface area contributed by atoms with Gasteiger partial charge < -0.3 is 9.47 Å². The number of carbonyl (C=O) groups excluding carboxylic acids is 2. The molecule has 120 valence electrons. The highest BCUT2D eigenvalue weighted by Gasteiger charge is 2.21. The van der Waals surface area contributed by atoms with E-state index in [1.807, 2.05) is 0 Å². The third-order valence-electron chi connectivity index (χ3n) is 2.87. The van der Waals surface area contributed by atoms with Gasteiger partial charge in [0, 0.05) is 6.92 Å². The first kappa shape index (κ1) is 18.5. The second kappa shape index (κ2) is 8.82.